The van der Waals surface area contributed by atoms with Crippen LogP contribution in [0.5, 0.6) is 0 Å². The van der Waals surface area contributed by atoms with E-state index in [2.05, 4.69) is 17.6 Å². The number of imide groups is 1. The first-order valence-corrected chi connectivity index (χ1v) is 9.42. The summed E-state index contributed by atoms with van der Waals surface area (Å²) >= 11 is 0. The number of unbranched alkanes of at least 4 members (excludes halogenated alkanes) is 2. The largest absolute Gasteiger partial charge is 0.354 e. The van der Waals surface area contributed by atoms with Crippen LogP contribution in [0.4, 0.5) is 4.79 Å². The lowest BCUT2D eigenvalue weighted by Gasteiger charge is -2.20. The minimum atomic E-state index is -0.646. The third-order valence-electron chi connectivity index (χ3n) is 5.14. The van der Waals surface area contributed by atoms with Crippen molar-refractivity contribution in [3.8, 4) is 0 Å². The molecule has 1 saturated heterocycles. The van der Waals surface area contributed by atoms with Gasteiger partial charge in [-0.1, -0.05) is 39.0 Å². The lowest BCUT2D eigenvalue weighted by atomic mass is 9.98. The van der Waals surface area contributed by atoms with E-state index >= 15 is 0 Å². The highest BCUT2D eigenvalue weighted by Gasteiger charge is 2.51. The highest BCUT2D eigenvalue weighted by atomic mass is 16.2. The molecule has 2 N–H and O–H groups in total. The van der Waals surface area contributed by atoms with E-state index in [9.17, 15) is 14.4 Å². The van der Waals surface area contributed by atoms with Crippen LogP contribution in [0, 0.1) is 0 Å². The van der Waals surface area contributed by atoms with Crippen molar-refractivity contribution in [3.05, 3.63) is 0 Å². The Balaban J connectivity index is 1.69. The molecule has 2 fully saturated rings. The fourth-order valence-corrected chi connectivity index (χ4v) is 3.71. The van der Waals surface area contributed by atoms with Crippen LogP contribution in [-0.2, 0) is 9.59 Å². The van der Waals surface area contributed by atoms with Crippen molar-refractivity contribution >= 4 is 17.8 Å². The highest BCUT2D eigenvalue weighted by Crippen LogP contribution is 2.35. The number of hydrogen-bond acceptors (Lipinski definition) is 3. The molecule has 6 heteroatoms. The Hall–Kier alpha value is -1.59. The molecule has 4 amide bonds. The Labute approximate surface area is 144 Å². The lowest BCUT2D eigenvalue weighted by molar-refractivity contribution is -0.131. The second-order valence-electron chi connectivity index (χ2n) is 7.24. The van der Waals surface area contributed by atoms with Crippen LogP contribution in [0.3, 0.4) is 0 Å². The number of rotatable bonds is 9. The molecule has 6 nitrogen and oxygen atoms in total. The van der Waals surface area contributed by atoms with Crippen molar-refractivity contribution in [1.29, 1.82) is 0 Å². The van der Waals surface area contributed by atoms with Gasteiger partial charge in [-0.2, -0.15) is 0 Å². The summed E-state index contributed by atoms with van der Waals surface area (Å²) in [5, 5.41) is 5.86. The second kappa shape index (κ2) is 8.49. The summed E-state index contributed by atoms with van der Waals surface area (Å²) in [5.41, 5.74) is -0.646. The molecule has 1 unspecified atom stereocenters. The van der Waals surface area contributed by atoms with Crippen LogP contribution in [0.15, 0.2) is 0 Å². The zero-order valence-electron chi connectivity index (χ0n) is 15.0. The Morgan fingerprint density at radius 2 is 1.96 bits per heavy atom. The van der Waals surface area contributed by atoms with Gasteiger partial charge in [-0.05, 0) is 32.6 Å². The summed E-state index contributed by atoms with van der Waals surface area (Å²) in [6, 6.07) is -0.113. The molecular weight excluding hydrogens is 306 g/mol. The van der Waals surface area contributed by atoms with Gasteiger partial charge in [-0.3, -0.25) is 14.5 Å². The molecule has 2 rings (SSSR count). The Morgan fingerprint density at radius 3 is 2.62 bits per heavy atom. The predicted octanol–water partition coefficient (Wildman–Crippen LogP) is 2.72. The summed E-state index contributed by atoms with van der Waals surface area (Å²) in [7, 11) is 0. The fourth-order valence-electron chi connectivity index (χ4n) is 3.71. The van der Waals surface area contributed by atoms with Gasteiger partial charge in [-0.15, -0.1) is 0 Å². The molecule has 24 heavy (non-hydrogen) atoms. The molecule has 0 aromatic heterocycles. The molecule has 0 aromatic carbocycles. The van der Waals surface area contributed by atoms with Crippen molar-refractivity contribution in [2.45, 2.75) is 89.6 Å². The summed E-state index contributed by atoms with van der Waals surface area (Å²) in [5.74, 6) is -0.0972. The standard InChI is InChI=1S/C18H31N3O3/c1-3-4-5-9-14(2)19-15(22)10-8-13-21-16(23)18(20-17(21)24)11-6-7-12-18/h14H,3-13H2,1-2H3,(H,19,22)(H,20,24). The molecule has 2 aliphatic rings. The normalized spacial score (nSPS) is 20.5. The van der Waals surface area contributed by atoms with Crippen LogP contribution in [0.2, 0.25) is 0 Å². The van der Waals surface area contributed by atoms with Crippen LogP contribution in [-0.4, -0.2) is 40.9 Å². The number of nitrogens with one attached hydrogen (secondary N) is 2. The van der Waals surface area contributed by atoms with Crippen molar-refractivity contribution in [1.82, 2.24) is 15.5 Å². The van der Waals surface area contributed by atoms with E-state index in [1.807, 2.05) is 6.92 Å². The monoisotopic (exact) mass is 337 g/mol. The molecule has 0 aromatic rings. The van der Waals surface area contributed by atoms with Crippen LogP contribution < -0.4 is 10.6 Å². The van der Waals surface area contributed by atoms with E-state index in [1.54, 1.807) is 0 Å². The molecule has 1 spiro atoms. The highest BCUT2D eigenvalue weighted by molar-refractivity contribution is 6.07. The Bertz CT molecular complexity index is 472. The van der Waals surface area contributed by atoms with Crippen LogP contribution >= 0.6 is 0 Å². The van der Waals surface area contributed by atoms with Gasteiger partial charge in [0.05, 0.1) is 0 Å². The molecule has 0 bridgehead atoms. The van der Waals surface area contributed by atoms with Crippen molar-refractivity contribution in [2.24, 2.45) is 0 Å². The summed E-state index contributed by atoms with van der Waals surface area (Å²) in [6.07, 6.45) is 8.80. The smallest absolute Gasteiger partial charge is 0.325 e. The van der Waals surface area contributed by atoms with Gasteiger partial charge < -0.3 is 10.6 Å². The minimum Gasteiger partial charge on any atom is -0.354 e. The van der Waals surface area contributed by atoms with Crippen molar-refractivity contribution < 1.29 is 14.4 Å². The SMILES string of the molecule is CCCCCC(C)NC(=O)CCCN1C(=O)NC2(CCCC2)C1=O. The van der Waals surface area contributed by atoms with Crippen LogP contribution in [0.25, 0.3) is 0 Å². The third kappa shape index (κ3) is 4.48. The molecule has 0 radical (unpaired) electrons. The predicted molar refractivity (Wildman–Crippen MR) is 92.4 cm³/mol. The van der Waals surface area contributed by atoms with Crippen LogP contribution in [0.1, 0.15) is 78.1 Å². The number of nitrogens with zero attached hydrogens (tertiary/aromatic N) is 1. The van der Waals surface area contributed by atoms with E-state index < -0.39 is 5.54 Å². The molecule has 1 aliphatic carbocycles. The third-order valence-corrected chi connectivity index (χ3v) is 5.14. The number of carbonyl (C=O) groups excluding carboxylic acids is 3. The quantitative estimate of drug-likeness (QED) is 0.501. The van der Waals surface area contributed by atoms with Gasteiger partial charge in [0.25, 0.3) is 5.91 Å². The van der Waals surface area contributed by atoms with Gasteiger partial charge >= 0.3 is 6.03 Å². The first-order chi connectivity index (χ1) is 11.5. The summed E-state index contributed by atoms with van der Waals surface area (Å²) in [6.45, 7) is 4.51. The summed E-state index contributed by atoms with van der Waals surface area (Å²) < 4.78 is 0. The van der Waals surface area contributed by atoms with E-state index in [-0.39, 0.29) is 23.9 Å². The Morgan fingerprint density at radius 1 is 1.25 bits per heavy atom. The summed E-state index contributed by atoms with van der Waals surface area (Å²) in [4.78, 5) is 37.8. The Kier molecular flexibility index (Phi) is 6.63. The van der Waals surface area contributed by atoms with E-state index in [0.29, 0.717) is 19.4 Å². The topological polar surface area (TPSA) is 78.5 Å². The first kappa shape index (κ1) is 18.7. The average Bonchev–Trinajstić information content (AvgIpc) is 3.08. The van der Waals surface area contributed by atoms with E-state index in [1.165, 1.54) is 17.7 Å². The molecule has 1 heterocycles. The van der Waals surface area contributed by atoms with Crippen molar-refractivity contribution in [2.75, 3.05) is 6.54 Å². The molecule has 1 aliphatic heterocycles. The molecule has 1 atom stereocenters. The number of carbonyl (C=O) groups is 3. The van der Waals surface area contributed by atoms with Gasteiger partial charge in [0.2, 0.25) is 5.91 Å². The maximum Gasteiger partial charge on any atom is 0.325 e. The average molecular weight is 337 g/mol. The first-order valence-electron chi connectivity index (χ1n) is 9.42. The number of urea groups is 1. The second-order valence-corrected chi connectivity index (χ2v) is 7.24. The van der Waals surface area contributed by atoms with Gasteiger partial charge in [0.15, 0.2) is 0 Å². The maximum atomic E-state index is 12.5. The zero-order chi connectivity index (χ0) is 17.6. The van der Waals surface area contributed by atoms with E-state index in [4.69, 9.17) is 0 Å². The number of amides is 4. The van der Waals surface area contributed by atoms with Gasteiger partial charge in [-0.25, -0.2) is 4.79 Å². The molecule has 136 valence electrons. The fraction of sp³-hybridized carbons (Fsp3) is 0.833. The maximum absolute atomic E-state index is 12.5. The van der Waals surface area contributed by atoms with Crippen molar-refractivity contribution in [3.63, 3.8) is 0 Å². The molecule has 1 saturated carbocycles. The van der Waals surface area contributed by atoms with Gasteiger partial charge in [0, 0.05) is 19.0 Å². The number of hydrogen-bond donors (Lipinski definition) is 2. The van der Waals surface area contributed by atoms with Gasteiger partial charge in [0.1, 0.15) is 5.54 Å². The van der Waals surface area contributed by atoms with E-state index in [0.717, 1.165) is 38.5 Å². The lowest BCUT2D eigenvalue weighted by Crippen LogP contribution is -2.44. The molecular formula is C18H31N3O3. The minimum absolute atomic E-state index is 0.00151. The zero-order valence-corrected chi connectivity index (χ0v) is 15.0.